The summed E-state index contributed by atoms with van der Waals surface area (Å²) in [5.41, 5.74) is 4.25. The molecule has 1 heterocycles. The largest absolute Gasteiger partial charge is 0.242 e. The number of hydrogen-bond donors (Lipinski definition) is 0. The van der Waals surface area contributed by atoms with Crippen LogP contribution >= 0.6 is 11.3 Å². The highest BCUT2D eigenvalue weighted by Crippen LogP contribution is 2.27. The quantitative estimate of drug-likeness (QED) is 0.732. The summed E-state index contributed by atoms with van der Waals surface area (Å²) in [6, 6.07) is 4.69. The van der Waals surface area contributed by atoms with Crippen LogP contribution in [0.3, 0.4) is 0 Å². The lowest BCUT2D eigenvalue weighted by Crippen LogP contribution is -1.94. The lowest BCUT2D eigenvalue weighted by molar-refractivity contribution is 0.781. The van der Waals surface area contributed by atoms with Gasteiger partial charge >= 0.3 is 0 Å². The van der Waals surface area contributed by atoms with Gasteiger partial charge in [-0.05, 0) is 49.4 Å². The van der Waals surface area contributed by atoms with Crippen molar-refractivity contribution in [2.75, 3.05) is 0 Å². The third kappa shape index (κ3) is 2.86. The first kappa shape index (κ1) is 12.6. The van der Waals surface area contributed by atoms with Crippen LogP contribution in [0.1, 0.15) is 49.2 Å². The van der Waals surface area contributed by atoms with E-state index < -0.39 is 0 Å². The molecule has 0 radical (unpaired) electrons. The van der Waals surface area contributed by atoms with Gasteiger partial charge in [0, 0.05) is 0 Å². The van der Waals surface area contributed by atoms with E-state index in [9.17, 15) is 0 Å². The van der Waals surface area contributed by atoms with E-state index in [-0.39, 0.29) is 0 Å². The molecule has 0 atom stereocenters. The van der Waals surface area contributed by atoms with Gasteiger partial charge in [-0.15, -0.1) is 11.3 Å². The molecule has 0 fully saturated rings. The summed E-state index contributed by atoms with van der Waals surface area (Å²) in [6.45, 7) is 6.60. The van der Waals surface area contributed by atoms with E-state index in [1.807, 2.05) is 11.3 Å². The van der Waals surface area contributed by atoms with Gasteiger partial charge in [0.25, 0.3) is 0 Å². The Morgan fingerprint density at radius 3 is 2.53 bits per heavy atom. The first-order valence-electron chi connectivity index (χ1n) is 6.63. The number of fused-ring (bicyclic) bond motifs is 1. The Morgan fingerprint density at radius 2 is 1.82 bits per heavy atom. The van der Waals surface area contributed by atoms with Crippen molar-refractivity contribution >= 4 is 21.6 Å². The highest BCUT2D eigenvalue weighted by Gasteiger charge is 2.07. The molecule has 2 aromatic rings. The maximum Gasteiger partial charge on any atom is 0.0907 e. The van der Waals surface area contributed by atoms with Crippen molar-refractivity contribution in [1.29, 1.82) is 0 Å². The van der Waals surface area contributed by atoms with Gasteiger partial charge in [-0.3, -0.25) is 0 Å². The van der Waals surface area contributed by atoms with Gasteiger partial charge in [-0.25, -0.2) is 4.98 Å². The predicted molar refractivity (Wildman–Crippen MR) is 77.0 cm³/mol. The molecule has 0 spiro atoms. The maximum atomic E-state index is 4.60. The molecular weight excluding hydrogens is 226 g/mol. The number of thiazole rings is 1. The summed E-state index contributed by atoms with van der Waals surface area (Å²) < 4.78 is 1.36. The summed E-state index contributed by atoms with van der Waals surface area (Å²) in [5, 5.41) is 1.18. The van der Waals surface area contributed by atoms with Crippen molar-refractivity contribution in [3.8, 4) is 0 Å². The topological polar surface area (TPSA) is 12.9 Å². The van der Waals surface area contributed by atoms with Crippen molar-refractivity contribution in [2.24, 2.45) is 0 Å². The first-order valence-corrected chi connectivity index (χ1v) is 7.45. The van der Waals surface area contributed by atoms with Crippen LogP contribution in [0.5, 0.6) is 0 Å². The lowest BCUT2D eigenvalue weighted by Gasteiger charge is -2.08. The summed E-state index contributed by atoms with van der Waals surface area (Å²) in [4.78, 5) is 4.60. The Kier molecular flexibility index (Phi) is 4.16. The minimum Gasteiger partial charge on any atom is -0.242 e. The fourth-order valence-corrected chi connectivity index (χ4v) is 3.15. The smallest absolute Gasteiger partial charge is 0.0907 e. The number of benzene rings is 1. The summed E-state index contributed by atoms with van der Waals surface area (Å²) in [6.07, 6.45) is 6.18. The number of unbranched alkanes of at least 4 members (excludes halogenated alkanes) is 1. The second-order valence-electron chi connectivity index (χ2n) is 4.68. The average molecular weight is 247 g/mol. The van der Waals surface area contributed by atoms with Crippen molar-refractivity contribution in [2.45, 2.75) is 52.9 Å². The van der Waals surface area contributed by atoms with E-state index >= 15 is 0 Å². The monoisotopic (exact) mass is 247 g/mol. The van der Waals surface area contributed by atoms with Gasteiger partial charge in [0.2, 0.25) is 0 Å². The van der Waals surface area contributed by atoms with E-state index in [1.54, 1.807) is 5.56 Å². The zero-order valence-electron chi connectivity index (χ0n) is 11.0. The number of hydrogen-bond acceptors (Lipinski definition) is 2. The van der Waals surface area contributed by atoms with Gasteiger partial charge in [0.1, 0.15) is 0 Å². The van der Waals surface area contributed by atoms with Crippen LogP contribution in [0.2, 0.25) is 0 Å². The standard InChI is InChI=1S/C15H21NS/c1-4-6-8-13-10-15-14(16-11(3)17-15)9-12(13)7-5-2/h9-10H,4-8H2,1-3H3. The van der Waals surface area contributed by atoms with E-state index in [1.165, 1.54) is 52.9 Å². The van der Waals surface area contributed by atoms with Crippen molar-refractivity contribution < 1.29 is 0 Å². The molecule has 2 rings (SSSR count). The SMILES string of the molecule is CCCCc1cc2sc(C)nc2cc1CCC. The summed E-state index contributed by atoms with van der Waals surface area (Å²) in [7, 11) is 0. The van der Waals surface area contributed by atoms with Crippen LogP contribution in [0, 0.1) is 6.92 Å². The third-order valence-corrected chi connectivity index (χ3v) is 4.07. The number of rotatable bonds is 5. The molecule has 0 saturated heterocycles. The van der Waals surface area contributed by atoms with Gasteiger partial charge in [0.05, 0.1) is 15.2 Å². The Morgan fingerprint density at radius 1 is 1.06 bits per heavy atom. The van der Waals surface area contributed by atoms with Crippen LogP contribution in [0.4, 0.5) is 0 Å². The molecule has 0 aliphatic carbocycles. The molecule has 0 bridgehead atoms. The van der Waals surface area contributed by atoms with E-state index in [0.717, 1.165) is 0 Å². The number of aryl methyl sites for hydroxylation is 3. The Bertz CT molecular complexity index is 499. The molecule has 1 aromatic carbocycles. The van der Waals surface area contributed by atoms with Crippen molar-refractivity contribution in [3.05, 3.63) is 28.3 Å². The zero-order valence-corrected chi connectivity index (χ0v) is 11.9. The number of nitrogens with zero attached hydrogens (tertiary/aromatic N) is 1. The summed E-state index contributed by atoms with van der Waals surface area (Å²) >= 11 is 1.82. The van der Waals surface area contributed by atoms with E-state index in [0.29, 0.717) is 0 Å². The molecule has 0 aliphatic heterocycles. The number of aromatic nitrogens is 1. The van der Waals surface area contributed by atoms with Gasteiger partial charge in [-0.2, -0.15) is 0 Å². The second kappa shape index (κ2) is 5.63. The molecular formula is C15H21NS. The Hall–Kier alpha value is -0.890. The minimum atomic E-state index is 1.18. The Balaban J connectivity index is 2.41. The fraction of sp³-hybridized carbons (Fsp3) is 0.533. The fourth-order valence-electron chi connectivity index (χ4n) is 2.28. The van der Waals surface area contributed by atoms with Gasteiger partial charge in [0.15, 0.2) is 0 Å². The molecule has 0 aliphatic rings. The van der Waals surface area contributed by atoms with E-state index in [4.69, 9.17) is 0 Å². The highest BCUT2D eigenvalue weighted by atomic mass is 32.1. The van der Waals surface area contributed by atoms with Gasteiger partial charge < -0.3 is 0 Å². The average Bonchev–Trinajstić information content (AvgIpc) is 2.65. The van der Waals surface area contributed by atoms with Crippen LogP contribution in [-0.4, -0.2) is 4.98 Å². The van der Waals surface area contributed by atoms with Crippen LogP contribution in [0.15, 0.2) is 12.1 Å². The predicted octanol–water partition coefficient (Wildman–Crippen LogP) is 4.90. The maximum absolute atomic E-state index is 4.60. The molecule has 92 valence electrons. The molecule has 0 amide bonds. The molecule has 17 heavy (non-hydrogen) atoms. The minimum absolute atomic E-state index is 1.18. The third-order valence-electron chi connectivity index (χ3n) is 3.14. The zero-order chi connectivity index (χ0) is 12.3. The second-order valence-corrected chi connectivity index (χ2v) is 5.91. The van der Waals surface area contributed by atoms with Crippen molar-refractivity contribution in [3.63, 3.8) is 0 Å². The lowest BCUT2D eigenvalue weighted by atomic mass is 9.98. The van der Waals surface area contributed by atoms with Gasteiger partial charge in [-0.1, -0.05) is 26.7 Å². The highest BCUT2D eigenvalue weighted by molar-refractivity contribution is 7.18. The normalized spacial score (nSPS) is 11.2. The van der Waals surface area contributed by atoms with Crippen molar-refractivity contribution in [1.82, 2.24) is 4.98 Å². The van der Waals surface area contributed by atoms with Crippen LogP contribution < -0.4 is 0 Å². The Labute approximate surface area is 108 Å². The first-order chi connectivity index (χ1) is 8.24. The molecule has 0 N–H and O–H groups in total. The van der Waals surface area contributed by atoms with E-state index in [2.05, 4.69) is 37.9 Å². The molecule has 0 saturated carbocycles. The van der Waals surface area contributed by atoms with Crippen LogP contribution in [0.25, 0.3) is 10.2 Å². The summed E-state index contributed by atoms with van der Waals surface area (Å²) in [5.74, 6) is 0. The van der Waals surface area contributed by atoms with Crippen LogP contribution in [-0.2, 0) is 12.8 Å². The molecule has 0 unspecified atom stereocenters. The molecule has 1 nitrogen and oxygen atoms in total. The molecule has 1 aromatic heterocycles. The molecule has 2 heteroatoms.